The molecule has 0 spiro atoms. The lowest BCUT2D eigenvalue weighted by atomic mass is 9.81. The van der Waals surface area contributed by atoms with Gasteiger partial charge in [0.25, 0.3) is 5.91 Å². The van der Waals surface area contributed by atoms with Crippen molar-refractivity contribution in [3.8, 4) is 11.1 Å². The molecule has 2 aromatic carbocycles. The van der Waals surface area contributed by atoms with E-state index in [-0.39, 0.29) is 30.5 Å². The number of nitrogens with one attached hydrogen (secondary N) is 2. The molecule has 0 saturated carbocycles. The van der Waals surface area contributed by atoms with Crippen LogP contribution in [0.4, 0.5) is 36.4 Å². The number of pyridine rings is 1. The van der Waals surface area contributed by atoms with Crippen molar-refractivity contribution in [2.75, 3.05) is 19.1 Å². The van der Waals surface area contributed by atoms with E-state index < -0.39 is 64.0 Å². The van der Waals surface area contributed by atoms with Crippen LogP contribution in [0.2, 0.25) is 0 Å². The fourth-order valence-electron chi connectivity index (χ4n) is 5.59. The quantitative estimate of drug-likeness (QED) is 0.230. The number of likely N-dealkylation sites (N-methyl/N-ethyl adjacent to an activating group) is 1. The highest BCUT2D eigenvalue weighted by atomic mass is 19.4. The van der Waals surface area contributed by atoms with Crippen LogP contribution in [0.25, 0.3) is 11.1 Å². The molecule has 3 aromatic rings. The van der Waals surface area contributed by atoms with Crippen LogP contribution in [0.15, 0.2) is 48.7 Å². The lowest BCUT2D eigenvalue weighted by Crippen LogP contribution is -2.44. The summed E-state index contributed by atoms with van der Waals surface area (Å²) >= 11 is 0. The molecule has 8 nitrogen and oxygen atoms in total. The average molecular weight is 669 g/mol. The Morgan fingerprint density at radius 3 is 2.13 bits per heavy atom. The zero-order valence-electron chi connectivity index (χ0n) is 25.9. The van der Waals surface area contributed by atoms with Gasteiger partial charge in [-0.2, -0.15) is 26.3 Å². The predicted octanol–water partition coefficient (Wildman–Crippen LogP) is 5.90. The number of amides is 3. The van der Waals surface area contributed by atoms with E-state index in [2.05, 4.69) is 20.6 Å². The Hall–Kier alpha value is -4.53. The third kappa shape index (κ3) is 7.56. The van der Waals surface area contributed by atoms with Crippen LogP contribution in [0.5, 0.6) is 0 Å². The van der Waals surface area contributed by atoms with Gasteiger partial charge in [-0.25, -0.2) is 9.87 Å². The minimum absolute atomic E-state index is 0.000374. The van der Waals surface area contributed by atoms with E-state index >= 15 is 0 Å². The largest absolute Gasteiger partial charge is 0.416 e. The number of rotatable bonds is 8. The molecule has 1 saturated heterocycles. The Balaban J connectivity index is 1.79. The van der Waals surface area contributed by atoms with Crippen LogP contribution in [-0.2, 0) is 43.4 Å². The van der Waals surface area contributed by atoms with Gasteiger partial charge in [0.15, 0.2) is 0 Å². The second-order valence-corrected chi connectivity index (χ2v) is 11.8. The van der Waals surface area contributed by atoms with Crippen molar-refractivity contribution < 1.29 is 50.0 Å². The van der Waals surface area contributed by atoms with Crippen molar-refractivity contribution in [3.63, 3.8) is 0 Å². The summed E-state index contributed by atoms with van der Waals surface area (Å²) in [6, 6.07) is 5.55. The summed E-state index contributed by atoms with van der Waals surface area (Å²) < 4.78 is 95.8. The summed E-state index contributed by atoms with van der Waals surface area (Å²) in [5.74, 6) is -2.89. The molecule has 1 fully saturated rings. The highest BCUT2D eigenvalue weighted by molar-refractivity contribution is 6.03. The number of carbonyl (C=O) groups is 3. The number of hydrogen-bond donors (Lipinski definition) is 2. The van der Waals surface area contributed by atoms with Gasteiger partial charge in [0.05, 0.1) is 35.5 Å². The molecular weight excluding hydrogens is 637 g/mol. The van der Waals surface area contributed by atoms with Crippen LogP contribution < -0.4 is 15.7 Å². The third-order valence-corrected chi connectivity index (χ3v) is 8.12. The Bertz CT molecular complexity index is 1670. The zero-order valence-corrected chi connectivity index (χ0v) is 25.9. The monoisotopic (exact) mass is 668 g/mol. The van der Waals surface area contributed by atoms with Gasteiger partial charge in [0.1, 0.15) is 11.9 Å². The molecule has 0 aliphatic carbocycles. The molecule has 0 bridgehead atoms. The summed E-state index contributed by atoms with van der Waals surface area (Å²) in [6.07, 6.45) is -8.82. The van der Waals surface area contributed by atoms with Crippen LogP contribution in [0.3, 0.4) is 0 Å². The number of benzene rings is 2. The molecule has 47 heavy (non-hydrogen) atoms. The molecule has 1 unspecified atom stereocenters. The lowest BCUT2D eigenvalue weighted by Gasteiger charge is -2.32. The van der Waals surface area contributed by atoms with E-state index in [4.69, 9.17) is 0 Å². The number of carbonyl (C=O) groups excluding carboxylic acids is 3. The summed E-state index contributed by atoms with van der Waals surface area (Å²) in [5.41, 5.74) is -1.59. The fraction of sp³-hybridized carbons (Fsp3) is 0.375. The number of aryl methyl sites for hydroxylation is 1. The van der Waals surface area contributed by atoms with Crippen molar-refractivity contribution in [3.05, 3.63) is 82.4 Å². The van der Waals surface area contributed by atoms with Gasteiger partial charge in [-0.3, -0.25) is 24.2 Å². The molecule has 15 heteroatoms. The van der Waals surface area contributed by atoms with E-state index in [1.807, 2.05) is 0 Å². The normalized spacial score (nSPS) is 17.0. The first-order valence-electron chi connectivity index (χ1n) is 14.2. The smallest absolute Gasteiger partial charge is 0.344 e. The van der Waals surface area contributed by atoms with Gasteiger partial charge in [-0.05, 0) is 80.3 Å². The number of hydrogen-bond acceptors (Lipinski definition) is 5. The Morgan fingerprint density at radius 1 is 0.979 bits per heavy atom. The Morgan fingerprint density at radius 2 is 1.57 bits per heavy atom. The molecule has 252 valence electrons. The minimum Gasteiger partial charge on any atom is -0.344 e. The van der Waals surface area contributed by atoms with E-state index in [1.165, 1.54) is 52.4 Å². The van der Waals surface area contributed by atoms with Crippen molar-refractivity contribution in [2.24, 2.45) is 5.92 Å². The van der Waals surface area contributed by atoms with Gasteiger partial charge in [-0.1, -0.05) is 6.07 Å². The molecule has 1 aliphatic heterocycles. The molecular formula is C32H31F7N4O4. The second-order valence-electron chi connectivity index (χ2n) is 11.8. The Labute approximate surface area is 265 Å². The van der Waals surface area contributed by atoms with Crippen LogP contribution in [0, 0.1) is 18.7 Å². The van der Waals surface area contributed by atoms with Crippen molar-refractivity contribution in [1.29, 1.82) is 0 Å². The number of halogens is 7. The highest BCUT2D eigenvalue weighted by Gasteiger charge is 2.42. The fourth-order valence-corrected chi connectivity index (χ4v) is 5.59. The first-order valence-corrected chi connectivity index (χ1v) is 14.2. The maximum Gasteiger partial charge on any atom is 0.416 e. The van der Waals surface area contributed by atoms with Crippen molar-refractivity contribution in [1.82, 2.24) is 15.8 Å². The van der Waals surface area contributed by atoms with Crippen LogP contribution >= 0.6 is 0 Å². The molecule has 2 heterocycles. The van der Waals surface area contributed by atoms with Crippen molar-refractivity contribution >= 4 is 23.4 Å². The Kier molecular flexibility index (Phi) is 9.72. The first kappa shape index (κ1) is 35.3. The summed E-state index contributed by atoms with van der Waals surface area (Å²) in [5, 5.41) is 2.58. The molecule has 3 amide bonds. The standard InChI is InChI=1S/C32H31F7N4O4/c1-16-8-21(33)6-7-23(16)24-14-22(9-17-10-26(44)41-27(17)28(45)42-47-5)40-15-25(24)43(4)29(46)30(2,3)18-11-19(31(34,35)36)13-20(12-18)32(37,38)39/h6-8,11-15,17,27H,9-10H2,1-5H3,(H,41,44)(H,42,45)/t17?,27-/m0/s1. The van der Waals surface area contributed by atoms with E-state index in [0.717, 1.165) is 4.90 Å². The predicted molar refractivity (Wildman–Crippen MR) is 156 cm³/mol. The number of nitrogens with zero attached hydrogens (tertiary/aromatic N) is 2. The SMILES string of the molecule is CONC(=O)[C@H]1NC(=O)CC1Cc1cc(-c2ccc(F)cc2C)c(N(C)C(=O)C(C)(C)c2cc(C(F)(F)F)cc(C(F)(F)F)c2)cn1. The summed E-state index contributed by atoms with van der Waals surface area (Å²) in [6.45, 7) is 4.03. The zero-order chi connectivity index (χ0) is 35.1. The van der Waals surface area contributed by atoms with E-state index in [0.29, 0.717) is 34.5 Å². The van der Waals surface area contributed by atoms with E-state index in [1.54, 1.807) is 13.0 Å². The molecule has 0 radical (unpaired) electrons. The molecule has 1 aliphatic rings. The third-order valence-electron chi connectivity index (χ3n) is 8.12. The van der Waals surface area contributed by atoms with Crippen LogP contribution in [-0.4, -0.2) is 42.9 Å². The minimum atomic E-state index is -5.11. The summed E-state index contributed by atoms with van der Waals surface area (Å²) in [4.78, 5) is 48.7. The van der Waals surface area contributed by atoms with Crippen molar-refractivity contribution in [2.45, 2.75) is 57.4 Å². The van der Waals surface area contributed by atoms with E-state index in [9.17, 15) is 45.1 Å². The lowest BCUT2D eigenvalue weighted by molar-refractivity contribution is -0.143. The van der Waals surface area contributed by atoms with Gasteiger partial charge in [-0.15, -0.1) is 0 Å². The molecule has 2 atom stereocenters. The maximum atomic E-state index is 14.1. The number of anilines is 1. The first-order chi connectivity index (χ1) is 21.7. The van der Waals surface area contributed by atoms with Gasteiger partial charge in [0.2, 0.25) is 11.8 Å². The van der Waals surface area contributed by atoms with Gasteiger partial charge < -0.3 is 10.2 Å². The molecule has 2 N–H and O–H groups in total. The number of alkyl halides is 6. The molecule has 4 rings (SSSR count). The maximum absolute atomic E-state index is 14.1. The van der Waals surface area contributed by atoms with Gasteiger partial charge >= 0.3 is 12.4 Å². The number of hydroxylamine groups is 1. The molecule has 1 aromatic heterocycles. The van der Waals surface area contributed by atoms with Crippen LogP contribution in [0.1, 0.15) is 48.2 Å². The average Bonchev–Trinajstić information content (AvgIpc) is 3.35. The highest BCUT2D eigenvalue weighted by Crippen LogP contribution is 2.41. The topological polar surface area (TPSA) is 101 Å². The second kappa shape index (κ2) is 12.9. The number of aromatic nitrogens is 1. The summed E-state index contributed by atoms with van der Waals surface area (Å²) in [7, 11) is 2.54. The van der Waals surface area contributed by atoms with Gasteiger partial charge in [0, 0.05) is 30.6 Å².